The summed E-state index contributed by atoms with van der Waals surface area (Å²) in [6, 6.07) is 15.0. The average Bonchev–Trinajstić information content (AvgIpc) is 3.44. The zero-order valence-corrected chi connectivity index (χ0v) is 18.8. The molecule has 0 saturated carbocycles. The first-order valence-corrected chi connectivity index (χ1v) is 11.1. The van der Waals surface area contributed by atoms with Crippen LogP contribution in [0.4, 0.5) is 0 Å². The number of hydrogen-bond acceptors (Lipinski definition) is 9. The molecule has 0 aliphatic carbocycles. The molecule has 0 N–H and O–H groups in total. The van der Waals surface area contributed by atoms with Crippen molar-refractivity contribution in [3.05, 3.63) is 65.7 Å². The molecule has 0 radical (unpaired) electrons. The first kappa shape index (κ1) is 21.1. The normalized spacial score (nSPS) is 10.8. The molecule has 0 fully saturated rings. The molecule has 0 unspecified atom stereocenters. The van der Waals surface area contributed by atoms with Gasteiger partial charge in [0.15, 0.2) is 0 Å². The van der Waals surface area contributed by atoms with Gasteiger partial charge in [0, 0.05) is 5.56 Å². The van der Waals surface area contributed by atoms with Gasteiger partial charge in [-0.25, -0.2) is 9.78 Å². The number of ether oxygens (including phenoxy) is 2. The highest BCUT2D eigenvalue weighted by Gasteiger charge is 2.14. The van der Waals surface area contributed by atoms with Crippen molar-refractivity contribution in [3.63, 3.8) is 0 Å². The predicted molar refractivity (Wildman–Crippen MR) is 119 cm³/mol. The third-order valence-electron chi connectivity index (χ3n) is 4.42. The molecule has 0 bridgehead atoms. The van der Waals surface area contributed by atoms with Gasteiger partial charge >= 0.3 is 5.97 Å². The topological polar surface area (TPSA) is 87.3 Å². The van der Waals surface area contributed by atoms with Gasteiger partial charge in [0.1, 0.15) is 27.2 Å². The fourth-order valence-corrected chi connectivity index (χ4v) is 4.56. The van der Waals surface area contributed by atoms with E-state index in [4.69, 9.17) is 9.15 Å². The molecule has 7 nitrogen and oxygen atoms in total. The van der Waals surface area contributed by atoms with Gasteiger partial charge in [-0.1, -0.05) is 11.8 Å². The Morgan fingerprint density at radius 3 is 2.55 bits per heavy atom. The van der Waals surface area contributed by atoms with Crippen molar-refractivity contribution in [3.8, 4) is 26.9 Å². The lowest BCUT2D eigenvalue weighted by molar-refractivity contribution is 0.0563. The molecule has 4 aromatic rings. The molecule has 158 valence electrons. The molecular formula is C22H19N3O4S2. The Balaban J connectivity index is 1.45. The van der Waals surface area contributed by atoms with Gasteiger partial charge < -0.3 is 13.9 Å². The van der Waals surface area contributed by atoms with Crippen LogP contribution in [0.15, 0.2) is 58.0 Å². The monoisotopic (exact) mass is 453 g/mol. The Labute approximate surface area is 187 Å². The number of thiazole rings is 1. The standard InChI is InChI=1S/C22H19N3O4S2/c1-13-20(31-21(23-13)14-4-6-15(27-2)7-5-14)17-9-11-19(25-24-17)30-12-16-8-10-18(29-16)22(26)28-3/h4-11H,12H2,1-3H3. The van der Waals surface area contributed by atoms with Crippen LogP contribution >= 0.6 is 23.1 Å². The summed E-state index contributed by atoms with van der Waals surface area (Å²) in [5.74, 6) is 1.71. The summed E-state index contributed by atoms with van der Waals surface area (Å²) < 4.78 is 15.3. The Bertz CT molecular complexity index is 1180. The van der Waals surface area contributed by atoms with Crippen LogP contribution in [0.5, 0.6) is 5.75 Å². The zero-order valence-electron chi connectivity index (χ0n) is 17.1. The number of furan rings is 1. The van der Waals surface area contributed by atoms with Crippen LogP contribution < -0.4 is 4.74 Å². The molecular weight excluding hydrogens is 434 g/mol. The Hall–Kier alpha value is -3.17. The number of hydrogen-bond donors (Lipinski definition) is 0. The van der Waals surface area contributed by atoms with Crippen molar-refractivity contribution in [1.29, 1.82) is 0 Å². The highest BCUT2D eigenvalue weighted by Crippen LogP contribution is 2.35. The van der Waals surface area contributed by atoms with Crippen molar-refractivity contribution in [2.24, 2.45) is 0 Å². The number of rotatable bonds is 7. The van der Waals surface area contributed by atoms with Crippen LogP contribution in [0, 0.1) is 6.92 Å². The highest BCUT2D eigenvalue weighted by molar-refractivity contribution is 7.98. The molecule has 0 aliphatic rings. The fourth-order valence-electron chi connectivity index (χ4n) is 2.82. The van der Waals surface area contributed by atoms with E-state index in [1.807, 2.05) is 43.3 Å². The van der Waals surface area contributed by atoms with Gasteiger partial charge in [-0.2, -0.15) is 0 Å². The molecule has 0 atom stereocenters. The summed E-state index contributed by atoms with van der Waals surface area (Å²) in [5.41, 5.74) is 2.73. The molecule has 9 heteroatoms. The first-order valence-electron chi connectivity index (χ1n) is 9.33. The van der Waals surface area contributed by atoms with Crippen LogP contribution in [0.2, 0.25) is 0 Å². The summed E-state index contributed by atoms with van der Waals surface area (Å²) >= 11 is 3.06. The number of methoxy groups -OCH3 is 2. The number of thioether (sulfide) groups is 1. The van der Waals surface area contributed by atoms with Crippen molar-refractivity contribution < 1.29 is 18.7 Å². The molecule has 3 aromatic heterocycles. The third kappa shape index (κ3) is 4.78. The highest BCUT2D eigenvalue weighted by atomic mass is 32.2. The number of aryl methyl sites for hydroxylation is 1. The largest absolute Gasteiger partial charge is 0.497 e. The van der Waals surface area contributed by atoms with Gasteiger partial charge in [0.05, 0.1) is 30.5 Å². The van der Waals surface area contributed by atoms with Crippen molar-refractivity contribution in [2.45, 2.75) is 17.7 Å². The van der Waals surface area contributed by atoms with Crippen molar-refractivity contribution in [2.75, 3.05) is 14.2 Å². The number of esters is 1. The molecule has 1 aromatic carbocycles. The fraction of sp³-hybridized carbons (Fsp3) is 0.182. The third-order valence-corrected chi connectivity index (χ3v) is 6.59. The minimum Gasteiger partial charge on any atom is -0.497 e. The number of benzene rings is 1. The lowest BCUT2D eigenvalue weighted by Crippen LogP contribution is -1.98. The van der Waals surface area contributed by atoms with Crippen LogP contribution in [0.25, 0.3) is 21.1 Å². The number of nitrogens with zero attached hydrogens (tertiary/aromatic N) is 3. The van der Waals surface area contributed by atoms with Gasteiger partial charge in [-0.05, 0) is 55.5 Å². The van der Waals surface area contributed by atoms with Crippen LogP contribution in [0.3, 0.4) is 0 Å². The second kappa shape index (κ2) is 9.32. The van der Waals surface area contributed by atoms with Crippen molar-refractivity contribution in [1.82, 2.24) is 15.2 Å². The van der Waals surface area contributed by atoms with Crippen LogP contribution in [-0.2, 0) is 10.5 Å². The van der Waals surface area contributed by atoms with Crippen LogP contribution in [-0.4, -0.2) is 35.4 Å². The Morgan fingerprint density at radius 1 is 1.06 bits per heavy atom. The maximum Gasteiger partial charge on any atom is 0.373 e. The maximum absolute atomic E-state index is 11.5. The maximum atomic E-state index is 11.5. The summed E-state index contributed by atoms with van der Waals surface area (Å²) in [4.78, 5) is 17.1. The lowest BCUT2D eigenvalue weighted by atomic mass is 10.2. The summed E-state index contributed by atoms with van der Waals surface area (Å²) in [5, 5.41) is 10.4. The molecule has 0 spiro atoms. The van der Waals surface area contributed by atoms with E-state index >= 15 is 0 Å². The smallest absolute Gasteiger partial charge is 0.373 e. The van der Waals surface area contributed by atoms with E-state index in [1.54, 1.807) is 30.6 Å². The quantitative estimate of drug-likeness (QED) is 0.277. The Kier molecular flexibility index (Phi) is 6.34. The van der Waals surface area contributed by atoms with E-state index < -0.39 is 5.97 Å². The molecule has 0 saturated heterocycles. The first-order chi connectivity index (χ1) is 15.1. The van der Waals surface area contributed by atoms with E-state index in [-0.39, 0.29) is 5.76 Å². The molecule has 31 heavy (non-hydrogen) atoms. The number of carbonyl (C=O) groups is 1. The lowest BCUT2D eigenvalue weighted by Gasteiger charge is -2.01. The molecule has 0 amide bonds. The average molecular weight is 454 g/mol. The van der Waals surface area contributed by atoms with E-state index in [0.29, 0.717) is 11.5 Å². The Morgan fingerprint density at radius 2 is 1.87 bits per heavy atom. The minimum atomic E-state index is -0.491. The summed E-state index contributed by atoms with van der Waals surface area (Å²) in [7, 11) is 2.97. The van der Waals surface area contributed by atoms with Gasteiger partial charge in [0.2, 0.25) is 5.76 Å². The van der Waals surface area contributed by atoms with E-state index in [9.17, 15) is 4.79 Å². The van der Waals surface area contributed by atoms with Gasteiger partial charge in [-0.3, -0.25) is 0 Å². The summed E-state index contributed by atoms with van der Waals surface area (Å²) in [6.45, 7) is 1.97. The van der Waals surface area contributed by atoms with E-state index in [2.05, 4.69) is 19.9 Å². The summed E-state index contributed by atoms with van der Waals surface area (Å²) in [6.07, 6.45) is 0. The predicted octanol–water partition coefficient (Wildman–Crippen LogP) is 5.26. The molecule has 4 rings (SSSR count). The number of aromatic nitrogens is 3. The van der Waals surface area contributed by atoms with Crippen LogP contribution in [0.1, 0.15) is 22.0 Å². The van der Waals surface area contributed by atoms with E-state index in [0.717, 1.165) is 37.6 Å². The van der Waals surface area contributed by atoms with Gasteiger partial charge in [-0.15, -0.1) is 21.5 Å². The zero-order chi connectivity index (χ0) is 21.8. The second-order valence-corrected chi connectivity index (χ2v) is 8.46. The van der Waals surface area contributed by atoms with E-state index in [1.165, 1.54) is 18.9 Å². The van der Waals surface area contributed by atoms with Gasteiger partial charge in [0.25, 0.3) is 0 Å². The molecule has 0 aliphatic heterocycles. The number of carbonyl (C=O) groups excluding carboxylic acids is 1. The van der Waals surface area contributed by atoms with Crippen molar-refractivity contribution >= 4 is 29.1 Å². The SMILES string of the molecule is COC(=O)c1ccc(CSc2ccc(-c3sc(-c4ccc(OC)cc4)nc3C)nn2)o1. The minimum absolute atomic E-state index is 0.188. The second-order valence-electron chi connectivity index (χ2n) is 6.47. The molecule has 3 heterocycles.